The number of benzene rings is 1. The van der Waals surface area contributed by atoms with Crippen LogP contribution in [0.5, 0.6) is 5.75 Å². The van der Waals surface area contributed by atoms with Gasteiger partial charge < -0.3 is 15.3 Å². The molecule has 0 radical (unpaired) electrons. The topological polar surface area (TPSA) is 52.6 Å². The van der Waals surface area contributed by atoms with Gasteiger partial charge in [0.05, 0.1) is 0 Å². The molecule has 2 N–H and O–H groups in total. The van der Waals surface area contributed by atoms with E-state index in [1.807, 2.05) is 6.92 Å². The van der Waals surface area contributed by atoms with Crippen LogP contribution in [0.15, 0.2) is 18.2 Å². The molecule has 0 heterocycles. The third-order valence-electron chi connectivity index (χ3n) is 3.37. The van der Waals surface area contributed by atoms with Crippen molar-refractivity contribution in [3.05, 3.63) is 29.3 Å². The van der Waals surface area contributed by atoms with E-state index < -0.39 is 0 Å². The molecule has 1 aliphatic carbocycles. The van der Waals surface area contributed by atoms with Gasteiger partial charge in [-0.2, -0.15) is 0 Å². The predicted octanol–water partition coefficient (Wildman–Crippen LogP) is 1.52. The summed E-state index contributed by atoms with van der Waals surface area (Å²) in [5.74, 6) is 0.120. The number of amides is 1. The van der Waals surface area contributed by atoms with Crippen LogP contribution in [-0.2, 0) is 0 Å². The number of aromatic hydroxyl groups is 1. The summed E-state index contributed by atoms with van der Waals surface area (Å²) < 4.78 is 0. The van der Waals surface area contributed by atoms with Crippen molar-refractivity contribution in [1.82, 2.24) is 10.2 Å². The summed E-state index contributed by atoms with van der Waals surface area (Å²) in [6.07, 6.45) is 2.56. The maximum atomic E-state index is 11.9. The SMILES string of the molecule is Cc1cc(O)ccc1C(=O)NCCN(C)C1CC1. The third-order valence-corrected chi connectivity index (χ3v) is 3.37. The van der Waals surface area contributed by atoms with Gasteiger partial charge in [-0.15, -0.1) is 0 Å². The number of carbonyl (C=O) groups excluding carboxylic acids is 1. The molecule has 1 aromatic rings. The number of carbonyl (C=O) groups is 1. The maximum Gasteiger partial charge on any atom is 0.251 e. The highest BCUT2D eigenvalue weighted by atomic mass is 16.3. The second-order valence-electron chi connectivity index (χ2n) is 4.97. The summed E-state index contributed by atoms with van der Waals surface area (Å²) in [5, 5.41) is 12.2. The molecule has 0 saturated heterocycles. The maximum absolute atomic E-state index is 11.9. The van der Waals surface area contributed by atoms with Gasteiger partial charge in [-0.1, -0.05) is 0 Å². The fourth-order valence-corrected chi connectivity index (χ4v) is 2.04. The van der Waals surface area contributed by atoms with Crippen molar-refractivity contribution >= 4 is 5.91 Å². The summed E-state index contributed by atoms with van der Waals surface area (Å²) in [6, 6.07) is 5.52. The molecular weight excluding hydrogens is 228 g/mol. The second-order valence-corrected chi connectivity index (χ2v) is 4.97. The van der Waals surface area contributed by atoms with Gasteiger partial charge >= 0.3 is 0 Å². The van der Waals surface area contributed by atoms with Crippen LogP contribution in [-0.4, -0.2) is 42.1 Å². The van der Waals surface area contributed by atoms with Crippen LogP contribution in [0, 0.1) is 6.92 Å². The molecule has 98 valence electrons. The van der Waals surface area contributed by atoms with E-state index in [4.69, 9.17) is 0 Å². The number of aryl methyl sites for hydroxylation is 1. The molecule has 2 rings (SSSR count). The van der Waals surface area contributed by atoms with Crippen LogP contribution < -0.4 is 5.32 Å². The summed E-state index contributed by atoms with van der Waals surface area (Å²) in [7, 11) is 2.09. The van der Waals surface area contributed by atoms with Crippen LogP contribution in [0.1, 0.15) is 28.8 Å². The van der Waals surface area contributed by atoms with Crippen molar-refractivity contribution in [2.75, 3.05) is 20.1 Å². The highest BCUT2D eigenvalue weighted by Gasteiger charge is 2.25. The van der Waals surface area contributed by atoms with Gasteiger partial charge in [0.25, 0.3) is 5.91 Å². The predicted molar refractivity (Wildman–Crippen MR) is 70.8 cm³/mol. The van der Waals surface area contributed by atoms with Crippen molar-refractivity contribution in [3.8, 4) is 5.75 Å². The van der Waals surface area contributed by atoms with Crippen molar-refractivity contribution < 1.29 is 9.90 Å². The van der Waals surface area contributed by atoms with Gasteiger partial charge in [-0.05, 0) is 50.6 Å². The van der Waals surface area contributed by atoms with E-state index in [1.165, 1.54) is 18.9 Å². The van der Waals surface area contributed by atoms with Crippen LogP contribution in [0.3, 0.4) is 0 Å². The minimum Gasteiger partial charge on any atom is -0.508 e. The first-order valence-corrected chi connectivity index (χ1v) is 6.36. The summed E-state index contributed by atoms with van der Waals surface area (Å²) in [6.45, 7) is 3.37. The lowest BCUT2D eigenvalue weighted by atomic mass is 10.1. The molecule has 18 heavy (non-hydrogen) atoms. The van der Waals surface area contributed by atoms with Gasteiger partial charge in [0, 0.05) is 24.7 Å². The van der Waals surface area contributed by atoms with Crippen LogP contribution >= 0.6 is 0 Å². The Morgan fingerprint density at radius 3 is 2.83 bits per heavy atom. The van der Waals surface area contributed by atoms with E-state index in [9.17, 15) is 9.90 Å². The minimum atomic E-state index is -0.0725. The Balaban J connectivity index is 1.83. The second kappa shape index (κ2) is 5.40. The Labute approximate surface area is 108 Å². The number of hydrogen-bond acceptors (Lipinski definition) is 3. The first-order valence-electron chi connectivity index (χ1n) is 6.36. The number of likely N-dealkylation sites (N-methyl/N-ethyl adjacent to an activating group) is 1. The third kappa shape index (κ3) is 3.23. The summed E-state index contributed by atoms with van der Waals surface area (Å²) in [5.41, 5.74) is 1.42. The zero-order valence-electron chi connectivity index (χ0n) is 10.9. The smallest absolute Gasteiger partial charge is 0.251 e. The Morgan fingerprint density at radius 2 is 2.22 bits per heavy atom. The molecule has 0 spiro atoms. The molecule has 0 unspecified atom stereocenters. The van der Waals surface area contributed by atoms with Gasteiger partial charge in [0.15, 0.2) is 0 Å². The largest absolute Gasteiger partial charge is 0.508 e. The number of phenols is 1. The quantitative estimate of drug-likeness (QED) is 0.830. The molecular formula is C14H20N2O2. The Kier molecular flexibility index (Phi) is 3.87. The number of phenolic OH excluding ortho intramolecular Hbond substituents is 1. The van der Waals surface area contributed by atoms with Gasteiger partial charge in [0.2, 0.25) is 0 Å². The summed E-state index contributed by atoms with van der Waals surface area (Å²) in [4.78, 5) is 14.2. The number of rotatable bonds is 5. The average Bonchev–Trinajstić information content (AvgIpc) is 3.12. The van der Waals surface area contributed by atoms with E-state index in [0.717, 1.165) is 18.2 Å². The van der Waals surface area contributed by atoms with E-state index in [0.29, 0.717) is 12.1 Å². The molecule has 1 aliphatic rings. The molecule has 4 nitrogen and oxygen atoms in total. The van der Waals surface area contributed by atoms with Crippen molar-refractivity contribution in [3.63, 3.8) is 0 Å². The van der Waals surface area contributed by atoms with Gasteiger partial charge in [-0.25, -0.2) is 0 Å². The lowest BCUT2D eigenvalue weighted by Crippen LogP contribution is -2.34. The number of hydrogen-bond donors (Lipinski definition) is 2. The molecule has 0 bridgehead atoms. The van der Waals surface area contributed by atoms with Crippen molar-refractivity contribution in [2.45, 2.75) is 25.8 Å². The van der Waals surface area contributed by atoms with E-state index in [2.05, 4.69) is 17.3 Å². The first-order chi connectivity index (χ1) is 8.58. The Bertz CT molecular complexity index is 441. The summed E-state index contributed by atoms with van der Waals surface area (Å²) >= 11 is 0. The molecule has 0 atom stereocenters. The monoisotopic (exact) mass is 248 g/mol. The highest BCUT2D eigenvalue weighted by Crippen LogP contribution is 2.24. The normalized spacial score (nSPS) is 14.8. The van der Waals surface area contributed by atoms with E-state index in [-0.39, 0.29) is 11.7 Å². The number of nitrogens with one attached hydrogen (secondary N) is 1. The van der Waals surface area contributed by atoms with Crippen LogP contribution in [0.4, 0.5) is 0 Å². The standard InChI is InChI=1S/C14H20N2O2/c1-10-9-12(17)5-6-13(10)14(18)15-7-8-16(2)11-3-4-11/h5-6,9,11,17H,3-4,7-8H2,1-2H3,(H,15,18). The molecule has 4 heteroatoms. The molecule has 0 aromatic heterocycles. The Hall–Kier alpha value is -1.55. The lowest BCUT2D eigenvalue weighted by Gasteiger charge is -2.16. The fourth-order valence-electron chi connectivity index (χ4n) is 2.04. The van der Waals surface area contributed by atoms with E-state index in [1.54, 1.807) is 12.1 Å². The minimum absolute atomic E-state index is 0.0725. The highest BCUT2D eigenvalue weighted by molar-refractivity contribution is 5.95. The molecule has 1 saturated carbocycles. The first kappa shape index (κ1) is 12.9. The van der Waals surface area contributed by atoms with Crippen molar-refractivity contribution in [1.29, 1.82) is 0 Å². The van der Waals surface area contributed by atoms with Crippen molar-refractivity contribution in [2.24, 2.45) is 0 Å². The zero-order chi connectivity index (χ0) is 13.1. The number of nitrogens with zero attached hydrogens (tertiary/aromatic N) is 1. The molecule has 0 aliphatic heterocycles. The average molecular weight is 248 g/mol. The zero-order valence-corrected chi connectivity index (χ0v) is 10.9. The Morgan fingerprint density at radius 1 is 1.50 bits per heavy atom. The van der Waals surface area contributed by atoms with Gasteiger partial charge in [0.1, 0.15) is 5.75 Å². The van der Waals surface area contributed by atoms with Crippen LogP contribution in [0.2, 0.25) is 0 Å². The molecule has 1 amide bonds. The van der Waals surface area contributed by atoms with Crippen LogP contribution in [0.25, 0.3) is 0 Å². The lowest BCUT2D eigenvalue weighted by molar-refractivity contribution is 0.0949. The molecule has 1 aromatic carbocycles. The van der Waals surface area contributed by atoms with Gasteiger partial charge in [-0.3, -0.25) is 4.79 Å². The fraction of sp³-hybridized carbons (Fsp3) is 0.500. The molecule has 1 fully saturated rings. The van der Waals surface area contributed by atoms with E-state index >= 15 is 0 Å².